The van der Waals surface area contributed by atoms with Gasteiger partial charge < -0.3 is 20.0 Å². The van der Waals surface area contributed by atoms with Crippen molar-refractivity contribution in [2.75, 3.05) is 55.4 Å². The topological polar surface area (TPSA) is 38.8 Å². The molecule has 1 aliphatic rings. The van der Waals surface area contributed by atoms with Crippen LogP contribution in [-0.2, 0) is 0 Å². The lowest BCUT2D eigenvalue weighted by Gasteiger charge is -2.36. The van der Waals surface area contributed by atoms with E-state index >= 15 is 0 Å². The fraction of sp³-hybridized carbons (Fsp3) is 0.350. The number of hydrogen-bond acceptors (Lipinski definition) is 3. The maximum absolute atomic E-state index is 12.5. The van der Waals surface area contributed by atoms with Crippen LogP contribution in [0.1, 0.15) is 5.56 Å². The third-order valence-electron chi connectivity index (χ3n) is 4.73. The third-order valence-corrected chi connectivity index (χ3v) is 4.96. The van der Waals surface area contributed by atoms with E-state index in [0.717, 1.165) is 24.3 Å². The molecule has 0 bridgehead atoms. The van der Waals surface area contributed by atoms with Gasteiger partial charge in [-0.1, -0.05) is 11.6 Å². The van der Waals surface area contributed by atoms with E-state index in [1.54, 1.807) is 6.07 Å². The van der Waals surface area contributed by atoms with Gasteiger partial charge in [0.2, 0.25) is 0 Å². The molecule has 1 heterocycles. The van der Waals surface area contributed by atoms with Crippen LogP contribution in [0.5, 0.6) is 0 Å². The van der Waals surface area contributed by atoms with Crippen LogP contribution in [0.15, 0.2) is 42.5 Å². The predicted molar refractivity (Wildman–Crippen MR) is 110 cm³/mol. The number of aryl methyl sites for hydroxylation is 1. The summed E-state index contributed by atoms with van der Waals surface area (Å²) >= 11 is 5.97. The molecule has 5 nitrogen and oxygen atoms in total. The highest BCUT2D eigenvalue weighted by molar-refractivity contribution is 6.30. The van der Waals surface area contributed by atoms with Crippen LogP contribution < -0.4 is 15.1 Å². The summed E-state index contributed by atoms with van der Waals surface area (Å²) in [7, 11) is 4.07. The first-order valence-electron chi connectivity index (χ1n) is 8.78. The molecule has 2 amide bonds. The van der Waals surface area contributed by atoms with E-state index in [-0.39, 0.29) is 6.03 Å². The van der Waals surface area contributed by atoms with Gasteiger partial charge >= 0.3 is 6.03 Å². The van der Waals surface area contributed by atoms with Crippen molar-refractivity contribution in [2.45, 2.75) is 6.92 Å². The van der Waals surface area contributed by atoms with Crippen LogP contribution in [0.2, 0.25) is 5.02 Å². The molecule has 3 rings (SSSR count). The van der Waals surface area contributed by atoms with Gasteiger partial charge in [0.1, 0.15) is 0 Å². The molecule has 0 radical (unpaired) electrons. The van der Waals surface area contributed by atoms with Gasteiger partial charge in [0.15, 0.2) is 0 Å². The summed E-state index contributed by atoms with van der Waals surface area (Å²) in [5.41, 5.74) is 4.15. The molecule has 0 saturated carbocycles. The standard InChI is InChI=1S/C20H25ClN4O/c1-15-14-16(21)4-9-19(15)22-20(26)25-12-10-24(11-13-25)18-7-5-17(6-8-18)23(2)3/h4-9,14H,10-13H2,1-3H3,(H,22,26). The van der Waals surface area contributed by atoms with Gasteiger partial charge in [-0.05, 0) is 55.0 Å². The summed E-state index contributed by atoms with van der Waals surface area (Å²) in [5.74, 6) is 0. The molecule has 1 aliphatic heterocycles. The lowest BCUT2D eigenvalue weighted by molar-refractivity contribution is 0.208. The maximum Gasteiger partial charge on any atom is 0.321 e. The summed E-state index contributed by atoms with van der Waals surface area (Å²) in [6.07, 6.45) is 0. The quantitative estimate of drug-likeness (QED) is 0.882. The Morgan fingerprint density at radius 1 is 1.04 bits per heavy atom. The Kier molecular flexibility index (Phi) is 5.57. The summed E-state index contributed by atoms with van der Waals surface area (Å²) in [5, 5.41) is 3.66. The van der Waals surface area contributed by atoms with Crippen molar-refractivity contribution >= 4 is 34.7 Å². The Morgan fingerprint density at radius 3 is 2.27 bits per heavy atom. The van der Waals surface area contributed by atoms with Crippen LogP contribution in [0, 0.1) is 6.92 Å². The molecule has 2 aromatic rings. The smallest absolute Gasteiger partial charge is 0.321 e. The van der Waals surface area contributed by atoms with Crippen LogP contribution in [0.4, 0.5) is 21.9 Å². The van der Waals surface area contributed by atoms with Crippen molar-refractivity contribution in [1.82, 2.24) is 4.90 Å². The number of anilines is 3. The molecule has 1 saturated heterocycles. The van der Waals surface area contributed by atoms with Crippen LogP contribution in [-0.4, -0.2) is 51.2 Å². The number of carbonyl (C=O) groups is 1. The van der Waals surface area contributed by atoms with E-state index in [1.807, 2.05) is 38.1 Å². The largest absolute Gasteiger partial charge is 0.378 e. The zero-order valence-electron chi connectivity index (χ0n) is 15.5. The number of nitrogens with zero attached hydrogens (tertiary/aromatic N) is 3. The first kappa shape index (κ1) is 18.4. The van der Waals surface area contributed by atoms with Crippen molar-refractivity contribution in [3.05, 3.63) is 53.1 Å². The van der Waals surface area contributed by atoms with Crippen molar-refractivity contribution in [3.8, 4) is 0 Å². The van der Waals surface area contributed by atoms with Gasteiger partial charge in [0.25, 0.3) is 0 Å². The molecule has 2 aromatic carbocycles. The fourth-order valence-corrected chi connectivity index (χ4v) is 3.32. The van der Waals surface area contributed by atoms with E-state index in [9.17, 15) is 4.79 Å². The number of piperazine rings is 1. The number of carbonyl (C=O) groups excluding carboxylic acids is 1. The second-order valence-corrected chi connectivity index (χ2v) is 7.21. The van der Waals surface area contributed by atoms with Gasteiger partial charge in [0.05, 0.1) is 0 Å². The lowest BCUT2D eigenvalue weighted by atomic mass is 10.2. The summed E-state index contributed by atoms with van der Waals surface area (Å²) in [6, 6.07) is 14.0. The van der Waals surface area contributed by atoms with Crippen molar-refractivity contribution in [3.63, 3.8) is 0 Å². The van der Waals surface area contributed by atoms with Crippen molar-refractivity contribution < 1.29 is 4.79 Å². The minimum atomic E-state index is -0.0574. The van der Waals surface area contributed by atoms with Crippen LogP contribution in [0.3, 0.4) is 0 Å². The molecule has 0 aliphatic carbocycles. The monoisotopic (exact) mass is 372 g/mol. The van der Waals surface area contributed by atoms with Gasteiger partial charge in [-0.3, -0.25) is 0 Å². The highest BCUT2D eigenvalue weighted by atomic mass is 35.5. The molecule has 0 spiro atoms. The Labute approximate surface area is 160 Å². The van der Waals surface area contributed by atoms with Crippen molar-refractivity contribution in [2.24, 2.45) is 0 Å². The minimum Gasteiger partial charge on any atom is -0.378 e. The average Bonchev–Trinajstić information content (AvgIpc) is 2.64. The molecule has 0 aromatic heterocycles. The van der Waals surface area contributed by atoms with Gasteiger partial charge in [-0.15, -0.1) is 0 Å². The molecule has 26 heavy (non-hydrogen) atoms. The second kappa shape index (κ2) is 7.87. The molecule has 1 fully saturated rings. The highest BCUT2D eigenvalue weighted by Gasteiger charge is 2.21. The van der Waals surface area contributed by atoms with Crippen LogP contribution in [0.25, 0.3) is 0 Å². The van der Waals surface area contributed by atoms with Crippen molar-refractivity contribution in [1.29, 1.82) is 0 Å². The minimum absolute atomic E-state index is 0.0574. The van der Waals surface area contributed by atoms with E-state index in [0.29, 0.717) is 18.1 Å². The number of urea groups is 1. The molecule has 0 atom stereocenters. The maximum atomic E-state index is 12.5. The molecular formula is C20H25ClN4O. The second-order valence-electron chi connectivity index (χ2n) is 6.77. The highest BCUT2D eigenvalue weighted by Crippen LogP contribution is 2.22. The van der Waals surface area contributed by atoms with E-state index in [2.05, 4.69) is 39.4 Å². The molecule has 0 unspecified atom stereocenters. The fourth-order valence-electron chi connectivity index (χ4n) is 3.09. The molecule has 1 N–H and O–H groups in total. The van der Waals surface area contributed by atoms with Gasteiger partial charge in [-0.2, -0.15) is 0 Å². The Bertz CT molecular complexity index is 768. The lowest BCUT2D eigenvalue weighted by Crippen LogP contribution is -2.50. The Hall–Kier alpha value is -2.40. The molecular weight excluding hydrogens is 348 g/mol. The number of nitrogens with one attached hydrogen (secondary N) is 1. The number of hydrogen-bond donors (Lipinski definition) is 1. The van der Waals surface area contributed by atoms with Gasteiger partial charge in [0, 0.05) is 62.4 Å². The number of amides is 2. The van der Waals surface area contributed by atoms with E-state index in [1.165, 1.54) is 11.4 Å². The summed E-state index contributed by atoms with van der Waals surface area (Å²) in [6.45, 7) is 5.00. The SMILES string of the molecule is Cc1cc(Cl)ccc1NC(=O)N1CCN(c2ccc(N(C)C)cc2)CC1. The zero-order chi connectivity index (χ0) is 18.7. The molecule has 138 valence electrons. The van der Waals surface area contributed by atoms with Gasteiger partial charge in [-0.25, -0.2) is 4.79 Å². The Balaban J connectivity index is 1.56. The third kappa shape index (κ3) is 4.22. The number of benzene rings is 2. The Morgan fingerprint density at radius 2 is 1.69 bits per heavy atom. The summed E-state index contributed by atoms with van der Waals surface area (Å²) < 4.78 is 0. The predicted octanol–water partition coefficient (Wildman–Crippen LogP) is 4.07. The number of halogens is 1. The van der Waals surface area contributed by atoms with E-state index < -0.39 is 0 Å². The zero-order valence-corrected chi connectivity index (χ0v) is 16.3. The number of rotatable bonds is 3. The molecule has 6 heteroatoms. The van der Waals surface area contributed by atoms with Crippen LogP contribution >= 0.6 is 11.6 Å². The normalized spacial score (nSPS) is 14.3. The first-order chi connectivity index (χ1) is 12.4. The average molecular weight is 373 g/mol. The first-order valence-corrected chi connectivity index (χ1v) is 9.16. The van der Waals surface area contributed by atoms with E-state index in [4.69, 9.17) is 11.6 Å². The summed E-state index contributed by atoms with van der Waals surface area (Å²) in [4.78, 5) is 18.8.